The zero-order chi connectivity index (χ0) is 22.7. The Morgan fingerprint density at radius 1 is 0.969 bits per heavy atom. The van der Waals surface area contributed by atoms with Gasteiger partial charge in [0, 0.05) is 11.1 Å². The van der Waals surface area contributed by atoms with E-state index in [4.69, 9.17) is 13.9 Å². The molecule has 2 aromatic carbocycles. The Bertz CT molecular complexity index is 1240. The molecule has 3 aromatic rings. The second kappa shape index (κ2) is 8.81. The van der Waals surface area contributed by atoms with E-state index in [2.05, 4.69) is 10.1 Å². The topological polar surface area (TPSA) is 104 Å². The highest BCUT2D eigenvalue weighted by atomic mass is 16.5. The Morgan fingerprint density at radius 2 is 1.75 bits per heavy atom. The average molecular weight is 433 g/mol. The van der Waals surface area contributed by atoms with Crippen molar-refractivity contribution in [1.29, 1.82) is 0 Å². The van der Waals surface area contributed by atoms with Gasteiger partial charge >= 0.3 is 5.97 Å². The van der Waals surface area contributed by atoms with Crippen molar-refractivity contribution in [2.45, 2.75) is 6.61 Å². The SMILES string of the molecule is COC(=O)c1ccc(COc2ccc(C=C3C(=O)NC(=O)c4ccccc43)cc2OC)o1. The molecule has 4 rings (SSSR count). The standard InChI is InChI=1S/C24H19NO7/c1-29-21-12-14(11-18-16-5-3-4-6-17(16)22(26)25-23(18)27)7-9-19(21)31-13-15-8-10-20(32-15)24(28)30-2/h3-12H,13H2,1-2H3,(H,25,26,27). The highest BCUT2D eigenvalue weighted by Gasteiger charge is 2.26. The maximum Gasteiger partial charge on any atom is 0.373 e. The minimum absolute atomic E-state index is 0.0751. The summed E-state index contributed by atoms with van der Waals surface area (Å²) < 4.78 is 21.2. The number of carbonyl (C=O) groups excluding carboxylic acids is 3. The number of furan rings is 1. The fourth-order valence-corrected chi connectivity index (χ4v) is 3.29. The van der Waals surface area contributed by atoms with E-state index >= 15 is 0 Å². The molecular weight excluding hydrogens is 414 g/mol. The van der Waals surface area contributed by atoms with E-state index in [-0.39, 0.29) is 12.4 Å². The Hall–Kier alpha value is -4.33. The van der Waals surface area contributed by atoms with Crippen molar-refractivity contribution in [3.8, 4) is 11.5 Å². The predicted molar refractivity (Wildman–Crippen MR) is 114 cm³/mol. The zero-order valence-corrected chi connectivity index (χ0v) is 17.3. The van der Waals surface area contributed by atoms with Gasteiger partial charge in [-0.05, 0) is 47.5 Å². The van der Waals surface area contributed by atoms with Crippen LogP contribution in [-0.2, 0) is 16.1 Å². The lowest BCUT2D eigenvalue weighted by Crippen LogP contribution is -2.36. The summed E-state index contributed by atoms with van der Waals surface area (Å²) in [6, 6.07) is 15.2. The molecule has 32 heavy (non-hydrogen) atoms. The maximum absolute atomic E-state index is 12.4. The Labute approximate surface area is 183 Å². The third kappa shape index (κ3) is 4.11. The van der Waals surface area contributed by atoms with Gasteiger partial charge in [-0.2, -0.15) is 0 Å². The fraction of sp³-hybridized carbons (Fsp3) is 0.125. The van der Waals surface area contributed by atoms with Gasteiger partial charge < -0.3 is 18.6 Å². The molecule has 8 heteroatoms. The maximum atomic E-state index is 12.4. The van der Waals surface area contributed by atoms with E-state index in [9.17, 15) is 14.4 Å². The molecule has 0 saturated carbocycles. The van der Waals surface area contributed by atoms with Crippen LogP contribution in [0.25, 0.3) is 11.6 Å². The largest absolute Gasteiger partial charge is 0.493 e. The molecule has 0 saturated heterocycles. The minimum atomic E-state index is -0.568. The molecule has 162 valence electrons. The van der Waals surface area contributed by atoms with E-state index in [1.165, 1.54) is 20.3 Å². The van der Waals surface area contributed by atoms with Crippen molar-refractivity contribution < 1.29 is 33.0 Å². The van der Waals surface area contributed by atoms with Crippen LogP contribution < -0.4 is 14.8 Å². The number of nitrogens with one attached hydrogen (secondary N) is 1. The Morgan fingerprint density at radius 3 is 2.50 bits per heavy atom. The zero-order valence-electron chi connectivity index (χ0n) is 17.3. The molecule has 0 aliphatic carbocycles. The van der Waals surface area contributed by atoms with E-state index < -0.39 is 17.8 Å². The molecule has 0 atom stereocenters. The van der Waals surface area contributed by atoms with Gasteiger partial charge in [-0.1, -0.05) is 24.3 Å². The number of hydrogen-bond donors (Lipinski definition) is 1. The molecule has 2 heterocycles. The fourth-order valence-electron chi connectivity index (χ4n) is 3.29. The van der Waals surface area contributed by atoms with Crippen molar-refractivity contribution >= 4 is 29.4 Å². The molecule has 1 aliphatic rings. The molecule has 0 fully saturated rings. The van der Waals surface area contributed by atoms with Crippen LogP contribution in [0.4, 0.5) is 0 Å². The second-order valence-corrected chi connectivity index (χ2v) is 6.84. The van der Waals surface area contributed by atoms with Crippen LogP contribution in [0.5, 0.6) is 11.5 Å². The summed E-state index contributed by atoms with van der Waals surface area (Å²) in [7, 11) is 2.78. The number of carbonyl (C=O) groups is 3. The summed E-state index contributed by atoms with van der Waals surface area (Å²) in [5.41, 5.74) is 2.08. The van der Waals surface area contributed by atoms with Gasteiger partial charge in [0.05, 0.1) is 14.2 Å². The van der Waals surface area contributed by atoms with Crippen molar-refractivity contribution in [1.82, 2.24) is 5.32 Å². The van der Waals surface area contributed by atoms with Gasteiger partial charge in [-0.25, -0.2) is 4.79 Å². The van der Waals surface area contributed by atoms with Crippen molar-refractivity contribution in [3.63, 3.8) is 0 Å². The third-order valence-corrected chi connectivity index (χ3v) is 4.85. The highest BCUT2D eigenvalue weighted by molar-refractivity contribution is 6.33. The first kappa shape index (κ1) is 20.9. The monoisotopic (exact) mass is 433 g/mol. The number of rotatable bonds is 6. The summed E-state index contributed by atoms with van der Waals surface area (Å²) in [6.07, 6.45) is 1.68. The van der Waals surface area contributed by atoms with E-state index in [1.54, 1.807) is 54.6 Å². The number of fused-ring (bicyclic) bond motifs is 1. The molecule has 0 unspecified atom stereocenters. The summed E-state index contributed by atoms with van der Waals surface area (Å²) in [5, 5.41) is 2.35. The van der Waals surface area contributed by atoms with Gasteiger partial charge in [-0.3, -0.25) is 14.9 Å². The van der Waals surface area contributed by atoms with Crippen LogP contribution in [0.2, 0.25) is 0 Å². The Balaban J connectivity index is 1.57. The quantitative estimate of drug-likeness (QED) is 0.361. The van der Waals surface area contributed by atoms with Crippen molar-refractivity contribution in [2.24, 2.45) is 0 Å². The average Bonchev–Trinajstić information content (AvgIpc) is 3.29. The molecule has 1 N–H and O–H groups in total. The molecule has 0 bridgehead atoms. The lowest BCUT2D eigenvalue weighted by atomic mass is 9.93. The molecule has 1 aliphatic heterocycles. The van der Waals surface area contributed by atoms with Crippen LogP contribution in [0, 0.1) is 0 Å². The molecule has 0 spiro atoms. The number of amides is 2. The smallest absolute Gasteiger partial charge is 0.373 e. The van der Waals surface area contributed by atoms with Gasteiger partial charge in [-0.15, -0.1) is 0 Å². The van der Waals surface area contributed by atoms with Crippen LogP contribution in [0.1, 0.15) is 37.8 Å². The van der Waals surface area contributed by atoms with Crippen molar-refractivity contribution in [2.75, 3.05) is 14.2 Å². The summed E-state index contributed by atoms with van der Waals surface area (Å²) >= 11 is 0. The lowest BCUT2D eigenvalue weighted by Gasteiger charge is -2.18. The van der Waals surface area contributed by atoms with Crippen molar-refractivity contribution in [3.05, 3.63) is 82.8 Å². The molecule has 2 amide bonds. The summed E-state index contributed by atoms with van der Waals surface area (Å²) in [6.45, 7) is 0.0751. The van der Waals surface area contributed by atoms with Gasteiger partial charge in [0.1, 0.15) is 12.4 Å². The normalized spacial score (nSPS) is 14.0. The third-order valence-electron chi connectivity index (χ3n) is 4.85. The van der Waals surface area contributed by atoms with E-state index in [0.29, 0.717) is 39.5 Å². The van der Waals surface area contributed by atoms with Gasteiger partial charge in [0.25, 0.3) is 11.8 Å². The molecule has 1 aromatic heterocycles. The number of benzene rings is 2. The summed E-state index contributed by atoms with van der Waals surface area (Å²) in [4.78, 5) is 36.0. The van der Waals surface area contributed by atoms with E-state index in [0.717, 1.165) is 0 Å². The van der Waals surface area contributed by atoms with Crippen LogP contribution >= 0.6 is 0 Å². The van der Waals surface area contributed by atoms with Crippen LogP contribution in [-0.4, -0.2) is 32.0 Å². The predicted octanol–water partition coefficient (Wildman–Crippen LogP) is 3.46. The van der Waals surface area contributed by atoms with Crippen LogP contribution in [0.15, 0.2) is 59.0 Å². The number of methoxy groups -OCH3 is 2. The molecule has 0 radical (unpaired) electrons. The first-order valence-electron chi connectivity index (χ1n) is 9.65. The van der Waals surface area contributed by atoms with Crippen LogP contribution in [0.3, 0.4) is 0 Å². The number of hydrogen-bond acceptors (Lipinski definition) is 7. The molecular formula is C24H19NO7. The first-order valence-corrected chi connectivity index (χ1v) is 9.65. The van der Waals surface area contributed by atoms with Gasteiger partial charge in [0.2, 0.25) is 5.76 Å². The lowest BCUT2D eigenvalue weighted by molar-refractivity contribution is -0.114. The van der Waals surface area contributed by atoms with Gasteiger partial charge in [0.15, 0.2) is 11.5 Å². The number of ether oxygens (including phenoxy) is 3. The number of esters is 1. The minimum Gasteiger partial charge on any atom is -0.493 e. The summed E-state index contributed by atoms with van der Waals surface area (Å²) in [5.74, 6) is -0.0248. The van der Waals surface area contributed by atoms with E-state index in [1.807, 2.05) is 0 Å². The Kier molecular flexibility index (Phi) is 5.76. The molecule has 8 nitrogen and oxygen atoms in total. The highest BCUT2D eigenvalue weighted by Crippen LogP contribution is 2.32. The number of imide groups is 1. The second-order valence-electron chi connectivity index (χ2n) is 6.84. The first-order chi connectivity index (χ1) is 15.5.